The number of fused-ring (bicyclic) bond motifs is 1. The number of aryl methyl sites for hydroxylation is 1. The topological polar surface area (TPSA) is 88.8 Å². The van der Waals surface area contributed by atoms with Crippen molar-refractivity contribution < 1.29 is 9.53 Å². The zero-order chi connectivity index (χ0) is 20.4. The number of carbonyl (C=O) groups excluding carboxylic acids is 1. The average molecular weight is 414 g/mol. The van der Waals surface area contributed by atoms with E-state index in [0.717, 1.165) is 25.2 Å². The number of rotatable bonds is 6. The van der Waals surface area contributed by atoms with E-state index in [1.54, 1.807) is 23.8 Å². The number of hydrogen-bond acceptors (Lipinski definition) is 7. The van der Waals surface area contributed by atoms with Crippen molar-refractivity contribution in [2.75, 3.05) is 38.7 Å². The van der Waals surface area contributed by atoms with Crippen LogP contribution < -0.4 is 10.9 Å². The van der Waals surface area contributed by atoms with E-state index in [0.29, 0.717) is 29.4 Å². The Morgan fingerprint density at radius 1 is 1.38 bits per heavy atom. The Balaban J connectivity index is 1.58. The molecule has 3 aromatic rings. The first-order valence-corrected chi connectivity index (χ1v) is 10.4. The number of thiazole rings is 1. The zero-order valence-electron chi connectivity index (χ0n) is 16.4. The minimum Gasteiger partial charge on any atom is -0.383 e. The minimum atomic E-state index is -0.403. The highest BCUT2D eigenvalue weighted by Gasteiger charge is 2.28. The maximum Gasteiger partial charge on any atom is 0.300 e. The van der Waals surface area contributed by atoms with Gasteiger partial charge in [-0.2, -0.15) is 10.1 Å². The third-order valence-corrected chi connectivity index (χ3v) is 6.08. The van der Waals surface area contributed by atoms with E-state index in [9.17, 15) is 9.59 Å². The number of carbonyl (C=O) groups is 1. The minimum absolute atomic E-state index is 0.0433. The molecule has 9 heteroatoms. The summed E-state index contributed by atoms with van der Waals surface area (Å²) in [4.78, 5) is 32.3. The number of para-hydroxylation sites is 1. The predicted octanol–water partition coefficient (Wildman–Crippen LogP) is 2.03. The number of nitrogens with one attached hydrogen (secondary N) is 1. The Morgan fingerprint density at radius 3 is 3.03 bits per heavy atom. The highest BCUT2D eigenvalue weighted by molar-refractivity contribution is 7.15. The number of anilines is 1. The molecule has 152 valence electrons. The van der Waals surface area contributed by atoms with Gasteiger partial charge in [0, 0.05) is 31.1 Å². The molecule has 29 heavy (non-hydrogen) atoms. The molecule has 8 nitrogen and oxygen atoms in total. The molecule has 1 fully saturated rings. The van der Waals surface area contributed by atoms with E-state index in [2.05, 4.69) is 20.3 Å². The fourth-order valence-corrected chi connectivity index (χ4v) is 4.34. The molecule has 1 aliphatic heterocycles. The molecular formula is C20H23N5O3S. The molecule has 0 aliphatic carbocycles. The molecule has 1 N–H and O–H groups in total. The van der Waals surface area contributed by atoms with E-state index >= 15 is 0 Å². The molecule has 4 rings (SSSR count). The lowest BCUT2D eigenvalue weighted by Crippen LogP contribution is -2.29. The molecule has 3 heterocycles. The van der Waals surface area contributed by atoms with Crippen LogP contribution in [0, 0.1) is 12.8 Å². The second-order valence-corrected chi connectivity index (χ2v) is 7.99. The van der Waals surface area contributed by atoms with Crippen molar-refractivity contribution in [3.63, 3.8) is 0 Å². The molecule has 0 saturated carbocycles. The number of aromatic nitrogens is 3. The predicted molar refractivity (Wildman–Crippen MR) is 112 cm³/mol. The lowest BCUT2D eigenvalue weighted by atomic mass is 10.1. The fourth-order valence-electron chi connectivity index (χ4n) is 3.54. The molecule has 0 unspecified atom stereocenters. The van der Waals surface area contributed by atoms with Gasteiger partial charge in [-0.3, -0.25) is 9.59 Å². The van der Waals surface area contributed by atoms with Crippen molar-refractivity contribution >= 4 is 27.9 Å². The summed E-state index contributed by atoms with van der Waals surface area (Å²) in [6.07, 6.45) is 0.806. The van der Waals surface area contributed by atoms with Gasteiger partial charge in [-0.05, 0) is 26.0 Å². The molecule has 1 atom stereocenters. The first kappa shape index (κ1) is 19.7. The zero-order valence-corrected chi connectivity index (χ0v) is 17.2. The van der Waals surface area contributed by atoms with Crippen LogP contribution in [0.25, 0.3) is 16.2 Å². The molecular weight excluding hydrogens is 390 g/mol. The van der Waals surface area contributed by atoms with Gasteiger partial charge in [0.25, 0.3) is 0 Å². The van der Waals surface area contributed by atoms with E-state index in [1.807, 2.05) is 24.4 Å². The second kappa shape index (κ2) is 8.40. The normalized spacial score (nSPS) is 17.1. The Hall–Kier alpha value is -2.62. The van der Waals surface area contributed by atoms with Crippen LogP contribution in [0.2, 0.25) is 0 Å². The third-order valence-electron chi connectivity index (χ3n) is 5.14. The van der Waals surface area contributed by atoms with Crippen molar-refractivity contribution in [3.05, 3.63) is 45.7 Å². The number of hydrogen-bond donors (Lipinski definition) is 1. The van der Waals surface area contributed by atoms with Gasteiger partial charge in [-0.1, -0.05) is 18.2 Å². The summed E-state index contributed by atoms with van der Waals surface area (Å²) < 4.78 is 6.78. The van der Waals surface area contributed by atoms with Crippen LogP contribution in [0.3, 0.4) is 0 Å². The molecule has 1 aromatic carbocycles. The molecule has 1 aliphatic rings. The van der Waals surface area contributed by atoms with Gasteiger partial charge in [0.15, 0.2) is 5.69 Å². The van der Waals surface area contributed by atoms with Gasteiger partial charge in [0.05, 0.1) is 23.9 Å². The quantitative estimate of drug-likeness (QED) is 0.665. The molecule has 1 amide bonds. The van der Waals surface area contributed by atoms with Gasteiger partial charge in [0.1, 0.15) is 0 Å². The standard InChI is InChI=1S/C20H23N5O3S/c1-13-12-29-20-22-19(27)17(23-25(13)20)15-5-3-4-6-16(15)21-18(26)14-7-8-24(11-14)9-10-28-2/h3-6,12,14H,7-11H2,1-2H3,(H,21,26)/t14-/m0/s1. The van der Waals surface area contributed by atoms with Gasteiger partial charge in [0.2, 0.25) is 10.9 Å². The highest BCUT2D eigenvalue weighted by atomic mass is 32.1. The summed E-state index contributed by atoms with van der Waals surface area (Å²) in [5.74, 6) is -0.132. The molecule has 2 aromatic heterocycles. The highest BCUT2D eigenvalue weighted by Crippen LogP contribution is 2.26. The van der Waals surface area contributed by atoms with Crippen LogP contribution in [-0.4, -0.2) is 58.8 Å². The Morgan fingerprint density at radius 2 is 2.21 bits per heavy atom. The maximum absolute atomic E-state index is 12.8. The average Bonchev–Trinajstić information content (AvgIpc) is 3.33. The first-order valence-electron chi connectivity index (χ1n) is 9.53. The monoisotopic (exact) mass is 413 g/mol. The van der Waals surface area contributed by atoms with Crippen molar-refractivity contribution in [2.45, 2.75) is 13.3 Å². The molecule has 0 radical (unpaired) electrons. The number of methoxy groups -OCH3 is 1. The van der Waals surface area contributed by atoms with E-state index < -0.39 is 5.56 Å². The summed E-state index contributed by atoms with van der Waals surface area (Å²) in [7, 11) is 1.68. The summed E-state index contributed by atoms with van der Waals surface area (Å²) in [6.45, 7) is 4.98. The number of ether oxygens (including phenoxy) is 1. The smallest absolute Gasteiger partial charge is 0.300 e. The van der Waals surface area contributed by atoms with Crippen LogP contribution in [-0.2, 0) is 9.53 Å². The van der Waals surface area contributed by atoms with E-state index in [-0.39, 0.29) is 17.5 Å². The largest absolute Gasteiger partial charge is 0.383 e. The van der Waals surface area contributed by atoms with E-state index in [1.165, 1.54) is 11.3 Å². The summed E-state index contributed by atoms with van der Waals surface area (Å²) in [6, 6.07) is 7.23. The summed E-state index contributed by atoms with van der Waals surface area (Å²) in [5.41, 5.74) is 1.88. The molecule has 0 bridgehead atoms. The van der Waals surface area contributed by atoms with Crippen LogP contribution in [0.1, 0.15) is 12.1 Å². The van der Waals surface area contributed by atoms with Gasteiger partial charge >= 0.3 is 5.56 Å². The number of nitrogens with zero attached hydrogens (tertiary/aromatic N) is 4. The second-order valence-electron chi connectivity index (χ2n) is 7.15. The first-order chi connectivity index (χ1) is 14.1. The fraction of sp³-hybridized carbons (Fsp3) is 0.400. The van der Waals surface area contributed by atoms with Gasteiger partial charge in [-0.25, -0.2) is 4.52 Å². The number of likely N-dealkylation sites (tertiary alicyclic amines) is 1. The van der Waals surface area contributed by atoms with Crippen LogP contribution in [0.4, 0.5) is 5.69 Å². The van der Waals surface area contributed by atoms with Gasteiger partial charge < -0.3 is 15.0 Å². The lowest BCUT2D eigenvalue weighted by Gasteiger charge is -2.16. The maximum atomic E-state index is 12.8. The van der Waals surface area contributed by atoms with Crippen molar-refractivity contribution in [3.8, 4) is 11.3 Å². The SMILES string of the molecule is COCCN1CC[C@H](C(=O)Nc2ccccc2-c2nn3c(C)csc3nc2=O)C1. The Labute approximate surface area is 172 Å². The Kier molecular flexibility index (Phi) is 5.70. The Bertz CT molecular complexity index is 1090. The van der Waals surface area contributed by atoms with Crippen LogP contribution >= 0.6 is 11.3 Å². The number of amides is 1. The van der Waals surface area contributed by atoms with Crippen LogP contribution in [0.15, 0.2) is 34.4 Å². The molecule has 0 spiro atoms. The van der Waals surface area contributed by atoms with Crippen molar-refractivity contribution in [1.82, 2.24) is 19.5 Å². The number of benzene rings is 1. The summed E-state index contributed by atoms with van der Waals surface area (Å²) >= 11 is 1.38. The van der Waals surface area contributed by atoms with Crippen molar-refractivity contribution in [2.24, 2.45) is 5.92 Å². The van der Waals surface area contributed by atoms with Crippen molar-refractivity contribution in [1.29, 1.82) is 0 Å². The van der Waals surface area contributed by atoms with E-state index in [4.69, 9.17) is 4.74 Å². The third kappa shape index (κ3) is 4.07. The molecule has 1 saturated heterocycles. The lowest BCUT2D eigenvalue weighted by molar-refractivity contribution is -0.119. The van der Waals surface area contributed by atoms with Crippen LogP contribution in [0.5, 0.6) is 0 Å². The van der Waals surface area contributed by atoms with Gasteiger partial charge in [-0.15, -0.1) is 11.3 Å². The summed E-state index contributed by atoms with van der Waals surface area (Å²) in [5, 5.41) is 9.40.